The van der Waals surface area contributed by atoms with Crippen LogP contribution in [0.2, 0.25) is 5.02 Å². The molecule has 2 rings (SSSR count). The van der Waals surface area contributed by atoms with Crippen LogP contribution >= 0.6 is 11.6 Å². The second-order valence-electron chi connectivity index (χ2n) is 2.98. The van der Waals surface area contributed by atoms with Crippen LogP contribution in [0.5, 0.6) is 0 Å². The van der Waals surface area contributed by atoms with E-state index < -0.39 is 0 Å². The second kappa shape index (κ2) is 2.49. The average Bonchev–Trinajstić information content (AvgIpc) is 2.64. The van der Waals surface area contributed by atoms with E-state index in [0.29, 0.717) is 10.9 Å². The summed E-state index contributed by atoms with van der Waals surface area (Å²) in [5.41, 5.74) is 1.05. The van der Waals surface area contributed by atoms with E-state index >= 15 is 0 Å². The summed E-state index contributed by atoms with van der Waals surface area (Å²) in [7, 11) is 0. The van der Waals surface area contributed by atoms with Gasteiger partial charge in [0.15, 0.2) is 0 Å². The molecule has 0 aromatic heterocycles. The molecule has 1 aliphatic rings. The van der Waals surface area contributed by atoms with Gasteiger partial charge in [0, 0.05) is 5.02 Å². The lowest BCUT2D eigenvalue weighted by Gasteiger charge is -1.98. The van der Waals surface area contributed by atoms with Crippen molar-refractivity contribution in [3.05, 3.63) is 34.6 Å². The van der Waals surface area contributed by atoms with Crippen molar-refractivity contribution in [2.24, 2.45) is 0 Å². The van der Waals surface area contributed by atoms with Crippen molar-refractivity contribution < 1.29 is 4.39 Å². The van der Waals surface area contributed by atoms with Crippen LogP contribution in [0.25, 0.3) is 0 Å². The van der Waals surface area contributed by atoms with Crippen molar-refractivity contribution in [2.45, 2.75) is 18.8 Å². The molecule has 0 unspecified atom stereocenters. The van der Waals surface area contributed by atoms with Crippen molar-refractivity contribution in [3.63, 3.8) is 0 Å². The molecule has 2 heteroatoms. The lowest BCUT2D eigenvalue weighted by Crippen LogP contribution is -1.81. The van der Waals surface area contributed by atoms with Crippen molar-refractivity contribution in [1.82, 2.24) is 0 Å². The summed E-state index contributed by atoms with van der Waals surface area (Å²) in [6.45, 7) is 0. The summed E-state index contributed by atoms with van der Waals surface area (Å²) in [5.74, 6) is 0.350. The van der Waals surface area contributed by atoms with E-state index in [9.17, 15) is 4.39 Å². The molecule has 0 heterocycles. The number of hydrogen-bond donors (Lipinski definition) is 0. The summed E-state index contributed by atoms with van der Waals surface area (Å²) in [5, 5.41) is 0.506. The van der Waals surface area contributed by atoms with Crippen molar-refractivity contribution in [1.29, 1.82) is 0 Å². The van der Waals surface area contributed by atoms with Gasteiger partial charge in [0.1, 0.15) is 5.82 Å². The lowest BCUT2D eigenvalue weighted by atomic mass is 10.1. The summed E-state index contributed by atoms with van der Waals surface area (Å²) in [4.78, 5) is 0. The summed E-state index contributed by atoms with van der Waals surface area (Å²) >= 11 is 5.68. The molecule has 0 bridgehead atoms. The molecule has 0 nitrogen and oxygen atoms in total. The highest BCUT2D eigenvalue weighted by Gasteiger charge is 2.23. The first-order valence-corrected chi connectivity index (χ1v) is 4.09. The third-order valence-electron chi connectivity index (χ3n) is 1.93. The fourth-order valence-electron chi connectivity index (χ4n) is 1.23. The Morgan fingerprint density at radius 2 is 2.00 bits per heavy atom. The van der Waals surface area contributed by atoms with Crippen LogP contribution in [0.4, 0.5) is 4.39 Å². The fourth-order valence-corrected chi connectivity index (χ4v) is 1.46. The molecule has 1 aliphatic carbocycles. The maximum absolute atomic E-state index is 12.7. The first-order chi connectivity index (χ1) is 5.25. The Hall–Kier alpha value is -0.560. The minimum Gasteiger partial charge on any atom is -0.207 e. The first kappa shape index (κ1) is 7.11. The fraction of sp³-hybridized carbons (Fsp3) is 0.333. The number of benzene rings is 1. The van der Waals surface area contributed by atoms with Crippen LogP contribution < -0.4 is 0 Å². The molecule has 1 aromatic rings. The zero-order chi connectivity index (χ0) is 7.84. The zero-order valence-electron chi connectivity index (χ0n) is 5.98. The monoisotopic (exact) mass is 170 g/mol. The highest BCUT2D eigenvalue weighted by molar-refractivity contribution is 6.30. The van der Waals surface area contributed by atoms with Crippen LogP contribution in [0.3, 0.4) is 0 Å². The Bertz CT molecular complexity index is 259. The molecule has 11 heavy (non-hydrogen) atoms. The van der Waals surface area contributed by atoms with E-state index in [4.69, 9.17) is 11.6 Å². The Balaban J connectivity index is 2.39. The molecular formula is C9H8ClF. The van der Waals surface area contributed by atoms with Crippen LogP contribution in [0.15, 0.2) is 18.2 Å². The van der Waals surface area contributed by atoms with Gasteiger partial charge in [-0.15, -0.1) is 0 Å². The van der Waals surface area contributed by atoms with E-state index in [1.807, 2.05) is 6.07 Å². The molecule has 1 aromatic carbocycles. The van der Waals surface area contributed by atoms with Gasteiger partial charge in [-0.3, -0.25) is 0 Å². The Morgan fingerprint density at radius 3 is 2.55 bits per heavy atom. The van der Waals surface area contributed by atoms with Gasteiger partial charge in [-0.2, -0.15) is 0 Å². The molecule has 58 valence electrons. The van der Waals surface area contributed by atoms with E-state index in [1.165, 1.54) is 18.9 Å². The largest absolute Gasteiger partial charge is 0.207 e. The Morgan fingerprint density at radius 1 is 1.27 bits per heavy atom. The third-order valence-corrected chi connectivity index (χ3v) is 2.15. The topological polar surface area (TPSA) is 0 Å². The van der Waals surface area contributed by atoms with E-state index in [0.717, 1.165) is 5.56 Å². The van der Waals surface area contributed by atoms with Crippen LogP contribution in [-0.2, 0) is 0 Å². The minimum absolute atomic E-state index is 0.223. The molecule has 0 atom stereocenters. The highest BCUT2D eigenvalue weighted by atomic mass is 35.5. The van der Waals surface area contributed by atoms with Gasteiger partial charge in [0.25, 0.3) is 0 Å². The SMILES string of the molecule is Fc1cc(Cl)cc(C2CC2)c1. The van der Waals surface area contributed by atoms with Crippen LogP contribution in [-0.4, -0.2) is 0 Å². The van der Waals surface area contributed by atoms with Gasteiger partial charge in [0.05, 0.1) is 0 Å². The Labute approximate surface area is 70.0 Å². The predicted octanol–water partition coefficient (Wildman–Crippen LogP) is 3.36. The van der Waals surface area contributed by atoms with E-state index in [1.54, 1.807) is 6.07 Å². The maximum Gasteiger partial charge on any atom is 0.124 e. The molecular weight excluding hydrogens is 163 g/mol. The molecule has 0 radical (unpaired) electrons. The average molecular weight is 171 g/mol. The quantitative estimate of drug-likeness (QED) is 0.607. The molecule has 0 amide bonds. The summed E-state index contributed by atoms with van der Waals surface area (Å²) < 4.78 is 12.7. The van der Waals surface area contributed by atoms with E-state index in [2.05, 4.69) is 0 Å². The van der Waals surface area contributed by atoms with Gasteiger partial charge < -0.3 is 0 Å². The third kappa shape index (κ3) is 1.54. The van der Waals surface area contributed by atoms with Crippen molar-refractivity contribution in [2.75, 3.05) is 0 Å². The van der Waals surface area contributed by atoms with Crippen LogP contribution in [0, 0.1) is 5.82 Å². The number of halogens is 2. The first-order valence-electron chi connectivity index (χ1n) is 3.72. The second-order valence-corrected chi connectivity index (χ2v) is 3.41. The van der Waals surface area contributed by atoms with Crippen LogP contribution in [0.1, 0.15) is 24.3 Å². The number of rotatable bonds is 1. The zero-order valence-corrected chi connectivity index (χ0v) is 6.74. The molecule has 0 spiro atoms. The van der Waals surface area contributed by atoms with Gasteiger partial charge in [-0.05, 0) is 42.5 Å². The summed E-state index contributed by atoms with van der Waals surface area (Å²) in [6.07, 6.45) is 2.36. The minimum atomic E-state index is -0.223. The summed E-state index contributed by atoms with van der Waals surface area (Å²) in [6, 6.07) is 4.76. The van der Waals surface area contributed by atoms with Crippen molar-refractivity contribution in [3.8, 4) is 0 Å². The highest BCUT2D eigenvalue weighted by Crippen LogP contribution is 2.40. The molecule has 0 aliphatic heterocycles. The van der Waals surface area contributed by atoms with Gasteiger partial charge in [-0.1, -0.05) is 11.6 Å². The Kier molecular flexibility index (Phi) is 1.61. The van der Waals surface area contributed by atoms with Gasteiger partial charge >= 0.3 is 0 Å². The van der Waals surface area contributed by atoms with Gasteiger partial charge in [0.2, 0.25) is 0 Å². The van der Waals surface area contributed by atoms with E-state index in [-0.39, 0.29) is 5.82 Å². The molecule has 0 saturated heterocycles. The standard InChI is InChI=1S/C9H8ClF/c10-8-3-7(6-1-2-6)4-9(11)5-8/h3-6H,1-2H2. The molecule has 0 N–H and O–H groups in total. The van der Waals surface area contributed by atoms with Crippen molar-refractivity contribution >= 4 is 11.6 Å². The van der Waals surface area contributed by atoms with Gasteiger partial charge in [-0.25, -0.2) is 4.39 Å². The normalized spacial score (nSPS) is 16.9. The maximum atomic E-state index is 12.7. The smallest absolute Gasteiger partial charge is 0.124 e. The lowest BCUT2D eigenvalue weighted by molar-refractivity contribution is 0.625. The molecule has 1 saturated carbocycles. The molecule has 1 fully saturated rings. The predicted molar refractivity (Wildman–Crippen MR) is 43.4 cm³/mol. The number of hydrogen-bond acceptors (Lipinski definition) is 0.